The van der Waals surface area contributed by atoms with E-state index >= 15 is 0 Å². The zero-order chi connectivity index (χ0) is 24.2. The van der Waals surface area contributed by atoms with Gasteiger partial charge < -0.3 is 4.74 Å². The van der Waals surface area contributed by atoms with Crippen LogP contribution in [0.5, 0.6) is 0 Å². The Morgan fingerprint density at radius 3 is 2.52 bits per heavy atom. The van der Waals surface area contributed by atoms with Crippen molar-refractivity contribution in [2.24, 2.45) is 0 Å². The first-order chi connectivity index (χ1) is 15.7. The second kappa shape index (κ2) is 12.1. The van der Waals surface area contributed by atoms with Gasteiger partial charge in [0, 0.05) is 12.1 Å². The van der Waals surface area contributed by atoms with E-state index in [1.165, 1.54) is 26.1 Å². The molecule has 1 aromatic carbocycles. The van der Waals surface area contributed by atoms with Crippen LogP contribution in [0.15, 0.2) is 30.3 Å². The predicted octanol–water partition coefficient (Wildman–Crippen LogP) is 3.07. The summed E-state index contributed by atoms with van der Waals surface area (Å²) < 4.78 is 9.11. The van der Waals surface area contributed by atoms with E-state index < -0.39 is 5.60 Å². The molecule has 0 radical (unpaired) electrons. The molecule has 4 rings (SSSR count). The zero-order valence-electron chi connectivity index (χ0n) is 19.6. The number of aromatic nitrogens is 1. The minimum atomic E-state index is -0.460. The molecule has 33 heavy (non-hydrogen) atoms. The van der Waals surface area contributed by atoms with E-state index in [4.69, 9.17) is 9.72 Å². The Hall–Kier alpha value is -0.280. The van der Waals surface area contributed by atoms with Crippen molar-refractivity contribution >= 4 is 64.9 Å². The average Bonchev–Trinajstić information content (AvgIpc) is 2.77. The maximum absolute atomic E-state index is 12.4. The van der Waals surface area contributed by atoms with Crippen molar-refractivity contribution in [3.8, 4) is 10.6 Å². The van der Waals surface area contributed by atoms with Crippen molar-refractivity contribution in [2.75, 3.05) is 26.2 Å². The summed E-state index contributed by atoms with van der Waals surface area (Å²) in [4.78, 5) is 20.4. The van der Waals surface area contributed by atoms with Gasteiger partial charge in [-0.05, 0) is 51.3 Å². The Morgan fingerprint density at radius 2 is 1.91 bits per heavy atom. The van der Waals surface area contributed by atoms with Gasteiger partial charge in [0.25, 0.3) is 0 Å². The number of carbonyl (C=O) groups is 1. The van der Waals surface area contributed by atoms with Crippen molar-refractivity contribution in [3.63, 3.8) is 0 Å². The molecule has 1 aromatic rings. The van der Waals surface area contributed by atoms with Gasteiger partial charge in [0.2, 0.25) is 5.36 Å². The summed E-state index contributed by atoms with van der Waals surface area (Å²) >= 11 is 7.11. The van der Waals surface area contributed by atoms with Crippen molar-refractivity contribution in [2.45, 2.75) is 46.6 Å². The normalized spacial score (nSPS) is 14.4. The molecule has 2 heterocycles. The first-order valence-corrected chi connectivity index (χ1v) is 24.3. The molecule has 3 aliphatic rings. The van der Waals surface area contributed by atoms with Gasteiger partial charge in [0.15, 0.2) is 13.1 Å². The zero-order valence-corrected chi connectivity index (χ0v) is 26.9. The van der Waals surface area contributed by atoms with E-state index in [1.54, 1.807) is 0 Å². The molecule has 1 saturated heterocycles. The van der Waals surface area contributed by atoms with Gasteiger partial charge in [-0.2, -0.15) is 0 Å². The monoisotopic (exact) mass is 805 g/mol. The minimum absolute atomic E-state index is 0.219. The number of halogens is 3. The molecule has 1 amide bonds. The van der Waals surface area contributed by atoms with Crippen LogP contribution in [0.3, 0.4) is 0 Å². The van der Waals surface area contributed by atoms with Crippen LogP contribution in [0, 0.1) is 6.92 Å². The fourth-order valence-corrected chi connectivity index (χ4v) is 5.01. The summed E-state index contributed by atoms with van der Waals surface area (Å²) in [6.07, 6.45) is 0.724. The first-order valence-electron chi connectivity index (χ1n) is 10.9. The molecule has 0 N–H and O–H groups in total. The van der Waals surface area contributed by atoms with E-state index in [0.29, 0.717) is 26.3 Å². The molecular weight excluding hydrogens is 775 g/mol. The quantitative estimate of drug-likeness (QED) is 0.216. The second-order valence-electron chi connectivity index (χ2n) is 8.95. The van der Waals surface area contributed by atoms with Gasteiger partial charge in [-0.3, -0.25) is 4.90 Å². The van der Waals surface area contributed by atoms with E-state index in [9.17, 15) is 4.79 Å². The Bertz CT molecular complexity index is 1160. The molecule has 1 fully saturated rings. The number of fused-ring (bicyclic) bond motifs is 2. The van der Waals surface area contributed by atoms with Crippen LogP contribution in [-0.2, 0) is 11.2 Å². The summed E-state index contributed by atoms with van der Waals surface area (Å²) in [5.74, 6) is 0. The molecule has 0 saturated carbocycles. The number of ether oxygens (including phenoxy) is 1. The molecule has 0 bridgehead atoms. The molecule has 5 nitrogen and oxygen atoms in total. The SMILES string of the molecule is CCc1cc(=[N+]2CCN(C(=O)OC(C)(C)C)CC2)cc2sc3cccc(C)c3nc1-2.I[I-]I. The van der Waals surface area contributed by atoms with Crippen LogP contribution < -0.4 is 23.2 Å². The van der Waals surface area contributed by atoms with E-state index in [1.807, 2.05) is 37.0 Å². The summed E-state index contributed by atoms with van der Waals surface area (Å²) in [5, 5.41) is 1.22. The van der Waals surface area contributed by atoms with Crippen molar-refractivity contribution in [1.29, 1.82) is 0 Å². The number of benzene rings is 2. The predicted molar refractivity (Wildman–Crippen MR) is 151 cm³/mol. The van der Waals surface area contributed by atoms with E-state index in [-0.39, 0.29) is 6.09 Å². The average molecular weight is 805 g/mol. The third-order valence-corrected chi connectivity index (χ3v) is 6.54. The van der Waals surface area contributed by atoms with Gasteiger partial charge in [0.05, 0.1) is 33.9 Å². The number of piperazine rings is 1. The van der Waals surface area contributed by atoms with Crippen LogP contribution >= 0.6 is 48.6 Å². The Kier molecular flexibility index (Phi) is 10.0. The summed E-state index contributed by atoms with van der Waals surface area (Å²) in [7, 11) is 0. The van der Waals surface area contributed by atoms with Crippen molar-refractivity contribution in [1.82, 2.24) is 14.5 Å². The number of hydrogen-bond donors (Lipinski definition) is 0. The van der Waals surface area contributed by atoms with E-state index in [0.717, 1.165) is 30.7 Å². The number of nitrogens with zero attached hydrogens (tertiary/aromatic N) is 3. The number of para-hydroxylation sites is 1. The Morgan fingerprint density at radius 1 is 1.24 bits per heavy atom. The summed E-state index contributed by atoms with van der Waals surface area (Å²) in [6, 6.07) is 10.9. The van der Waals surface area contributed by atoms with Crippen molar-refractivity contribution in [3.05, 3.63) is 46.8 Å². The summed E-state index contributed by atoms with van der Waals surface area (Å²) in [6.45, 7) is 13.0. The number of amides is 1. The molecule has 0 unspecified atom stereocenters. The number of aryl methyl sites for hydroxylation is 2. The van der Waals surface area contributed by atoms with Crippen LogP contribution in [-0.4, -0.2) is 47.8 Å². The third-order valence-electron chi connectivity index (χ3n) is 5.46. The summed E-state index contributed by atoms with van der Waals surface area (Å²) in [5.41, 5.74) is 4.25. The fourth-order valence-electron chi connectivity index (χ4n) is 3.87. The fraction of sp³-hybridized carbons (Fsp3) is 0.458. The molecule has 1 aliphatic carbocycles. The topological polar surface area (TPSA) is 45.4 Å². The maximum atomic E-state index is 12.4. The molecular formula is C24H30I3N3O2S. The van der Waals surface area contributed by atoms with Crippen molar-refractivity contribution < 1.29 is 22.8 Å². The van der Waals surface area contributed by atoms with E-state index in [2.05, 4.69) is 86.0 Å². The molecule has 180 valence electrons. The Balaban J connectivity index is 0.000000968. The number of hydrogen-bond acceptors (Lipinski definition) is 4. The van der Waals surface area contributed by atoms with Crippen LogP contribution in [0.25, 0.3) is 20.8 Å². The second-order valence-corrected chi connectivity index (χ2v) is 26.3. The van der Waals surface area contributed by atoms with Gasteiger partial charge in [-0.25, -0.2) is 14.4 Å². The molecule has 2 aliphatic heterocycles. The van der Waals surface area contributed by atoms with Gasteiger partial charge in [0.1, 0.15) is 5.60 Å². The molecule has 0 aromatic heterocycles. The van der Waals surface area contributed by atoms with Gasteiger partial charge >= 0.3 is 56.6 Å². The third kappa shape index (κ3) is 7.12. The Labute approximate surface area is 230 Å². The van der Waals surface area contributed by atoms with Crippen LogP contribution in [0.4, 0.5) is 4.79 Å². The molecule has 9 heteroatoms. The number of carbonyl (C=O) groups excluding carboxylic acids is 1. The standard InChI is InChI=1S/C24H30N3O2S.I3/c1-6-17-14-18(26-10-12-27(13-11-26)23(28)29-24(3,4)5)15-20-22(17)25-21-16(2)8-7-9-19(21)30-20;1-3-2/h7-9,14-15H,6,10-13H2,1-5H3;/q+1;-1. The van der Waals surface area contributed by atoms with Gasteiger partial charge in [-0.1, -0.05) is 19.1 Å². The van der Waals surface area contributed by atoms with Crippen LogP contribution in [0.2, 0.25) is 0 Å². The van der Waals surface area contributed by atoms with Crippen LogP contribution in [0.1, 0.15) is 38.8 Å². The van der Waals surface area contributed by atoms with Gasteiger partial charge in [-0.15, -0.1) is 11.3 Å². The number of rotatable bonds is 1. The molecule has 0 atom stereocenters. The molecule has 0 spiro atoms. The first kappa shape index (κ1) is 27.3.